The third kappa shape index (κ3) is 10.5. The van der Waals surface area contributed by atoms with E-state index >= 15 is 0 Å². The summed E-state index contributed by atoms with van der Waals surface area (Å²) in [6.45, 7) is 3.07. The van der Waals surface area contributed by atoms with E-state index < -0.39 is 81.4 Å². The van der Waals surface area contributed by atoms with Gasteiger partial charge in [-0.25, -0.2) is 4.98 Å². The first-order valence-electron chi connectivity index (χ1n) is 17.7. The first-order chi connectivity index (χ1) is 30.3. The van der Waals surface area contributed by atoms with Crippen LogP contribution >= 0.6 is 0 Å². The molecule has 0 aliphatic carbocycles. The molecule has 65 heavy (non-hydrogen) atoms. The third-order valence-corrected chi connectivity index (χ3v) is 12.6. The standard InChI is InChI=1S/C37H29N9O15S4/c1-19-12-31(32(61-3)17-30(19)43-42-23-13-27-28(33(14-23)64(55,56)57)15-24(46(47)48)16-34(27)65(58,59)60)44-45-35-20(2)29(18-38)36(39-21-4-8-25(9-5-21)62(49,50)51)41-37(35)40-22-6-10-26(11-7-22)63(52,53)54/h4-17H,1-3H3,(H2,39,40,41)(H,49,50,51)(H,52,53,54)(H,55,56,57)(H,58,59,60). The van der Waals surface area contributed by atoms with Gasteiger partial charge < -0.3 is 15.4 Å². The van der Waals surface area contributed by atoms with Gasteiger partial charge in [0, 0.05) is 45.9 Å². The molecule has 0 saturated carbocycles. The van der Waals surface area contributed by atoms with Gasteiger partial charge in [-0.3, -0.25) is 28.3 Å². The predicted molar refractivity (Wildman–Crippen MR) is 229 cm³/mol. The van der Waals surface area contributed by atoms with Crippen molar-refractivity contribution >= 4 is 103 Å². The molecule has 0 amide bonds. The van der Waals surface area contributed by atoms with Crippen molar-refractivity contribution in [1.29, 1.82) is 5.26 Å². The molecule has 0 atom stereocenters. The van der Waals surface area contributed by atoms with Crippen molar-refractivity contribution in [2.75, 3.05) is 17.7 Å². The van der Waals surface area contributed by atoms with Crippen molar-refractivity contribution < 1.29 is 61.5 Å². The number of nitrogens with zero attached hydrogens (tertiary/aromatic N) is 7. The van der Waals surface area contributed by atoms with Crippen molar-refractivity contribution in [2.45, 2.75) is 33.4 Å². The zero-order valence-corrected chi connectivity index (χ0v) is 36.4. The number of aromatic nitrogens is 1. The summed E-state index contributed by atoms with van der Waals surface area (Å²) in [6.07, 6.45) is 0. The number of rotatable bonds is 14. The van der Waals surface area contributed by atoms with Gasteiger partial charge in [0.2, 0.25) is 0 Å². The molecule has 5 aromatic carbocycles. The predicted octanol–water partition coefficient (Wildman–Crippen LogP) is 7.94. The first kappa shape index (κ1) is 47.1. The lowest BCUT2D eigenvalue weighted by molar-refractivity contribution is -0.384. The summed E-state index contributed by atoms with van der Waals surface area (Å²) in [6, 6.07) is 17.4. The fraction of sp³-hybridized carbons (Fsp3) is 0.0811. The van der Waals surface area contributed by atoms with Crippen LogP contribution in [0.2, 0.25) is 0 Å². The van der Waals surface area contributed by atoms with E-state index in [1.807, 2.05) is 6.07 Å². The zero-order valence-electron chi connectivity index (χ0n) is 33.1. The summed E-state index contributed by atoms with van der Waals surface area (Å²) in [5, 5.41) is 43.2. The van der Waals surface area contributed by atoms with Gasteiger partial charge >= 0.3 is 0 Å². The van der Waals surface area contributed by atoms with Crippen LogP contribution in [0.5, 0.6) is 5.75 Å². The topological polar surface area (TPSA) is 380 Å². The van der Waals surface area contributed by atoms with Crippen LogP contribution in [0.15, 0.2) is 125 Å². The van der Waals surface area contributed by atoms with Crippen molar-refractivity contribution in [3.05, 3.63) is 112 Å². The molecule has 1 heterocycles. The second kappa shape index (κ2) is 17.7. The third-order valence-electron chi connectivity index (χ3n) is 9.12. The maximum Gasteiger partial charge on any atom is 0.295 e. The van der Waals surface area contributed by atoms with Crippen LogP contribution in [0.3, 0.4) is 0 Å². The lowest BCUT2D eigenvalue weighted by atomic mass is 10.1. The van der Waals surface area contributed by atoms with Gasteiger partial charge in [-0.1, -0.05) is 0 Å². The van der Waals surface area contributed by atoms with E-state index in [9.17, 15) is 67.3 Å². The summed E-state index contributed by atoms with van der Waals surface area (Å²) >= 11 is 0. The molecule has 0 radical (unpaired) electrons. The second-order valence-electron chi connectivity index (χ2n) is 13.4. The van der Waals surface area contributed by atoms with Crippen LogP contribution in [0, 0.1) is 35.3 Å². The van der Waals surface area contributed by atoms with Crippen LogP contribution < -0.4 is 15.4 Å². The van der Waals surface area contributed by atoms with Crippen molar-refractivity contribution in [3.8, 4) is 11.8 Å². The van der Waals surface area contributed by atoms with Gasteiger partial charge in [-0.15, -0.1) is 10.2 Å². The van der Waals surface area contributed by atoms with Gasteiger partial charge in [0.15, 0.2) is 11.6 Å². The Balaban J connectivity index is 1.43. The van der Waals surface area contributed by atoms with Gasteiger partial charge in [0.25, 0.3) is 46.2 Å². The Bertz CT molecular complexity index is 3530. The number of fused-ring (bicyclic) bond motifs is 1. The number of nitro benzene ring substituents is 1. The van der Waals surface area contributed by atoms with Crippen LogP contribution in [0.4, 0.5) is 51.4 Å². The average Bonchev–Trinajstić information content (AvgIpc) is 3.21. The smallest absolute Gasteiger partial charge is 0.295 e. The number of anilines is 4. The van der Waals surface area contributed by atoms with E-state index in [1.165, 1.54) is 50.4 Å². The van der Waals surface area contributed by atoms with Crippen LogP contribution in [0.25, 0.3) is 10.8 Å². The maximum absolute atomic E-state index is 12.4. The summed E-state index contributed by atoms with van der Waals surface area (Å²) < 4.78 is 140. The Labute approximate surface area is 368 Å². The number of pyridine rings is 1. The number of azo groups is 2. The molecule has 6 aromatic rings. The molecule has 6 rings (SSSR count). The van der Waals surface area contributed by atoms with Crippen molar-refractivity contribution in [2.24, 2.45) is 20.5 Å². The zero-order chi connectivity index (χ0) is 47.8. The Morgan fingerprint density at radius 1 is 0.662 bits per heavy atom. The Morgan fingerprint density at radius 3 is 1.66 bits per heavy atom. The molecule has 0 bridgehead atoms. The highest BCUT2D eigenvalue weighted by Gasteiger charge is 2.26. The minimum Gasteiger partial charge on any atom is -0.494 e. The molecule has 0 saturated heterocycles. The quantitative estimate of drug-likeness (QED) is 0.0261. The number of nitro groups is 1. The van der Waals surface area contributed by atoms with Gasteiger partial charge in [-0.2, -0.15) is 49.2 Å². The minimum absolute atomic E-state index is 0.0170. The van der Waals surface area contributed by atoms with E-state index in [2.05, 4.69) is 36.1 Å². The molecule has 0 spiro atoms. The fourth-order valence-electron chi connectivity index (χ4n) is 6.01. The number of non-ortho nitro benzene ring substituents is 1. The molecule has 28 heteroatoms. The van der Waals surface area contributed by atoms with Crippen molar-refractivity contribution in [1.82, 2.24) is 4.98 Å². The van der Waals surface area contributed by atoms with Crippen LogP contribution in [-0.2, 0) is 40.5 Å². The molecule has 6 N–H and O–H groups in total. The molecule has 1 aromatic heterocycles. The van der Waals surface area contributed by atoms with Crippen LogP contribution in [-0.4, -0.2) is 68.9 Å². The highest BCUT2D eigenvalue weighted by Crippen LogP contribution is 2.42. The molecule has 0 fully saturated rings. The molecular formula is C37H29N9O15S4. The number of nitriles is 1. The molecule has 336 valence electrons. The Kier molecular flexibility index (Phi) is 12.8. The van der Waals surface area contributed by atoms with Gasteiger partial charge in [0.05, 0.1) is 38.8 Å². The van der Waals surface area contributed by atoms with Crippen LogP contribution in [0.1, 0.15) is 16.7 Å². The fourth-order valence-corrected chi connectivity index (χ4v) is 8.40. The summed E-state index contributed by atoms with van der Waals surface area (Å²) in [4.78, 5) is 12.2. The number of hydrogen-bond acceptors (Lipinski definition) is 19. The Hall–Kier alpha value is -7.36. The highest BCUT2D eigenvalue weighted by molar-refractivity contribution is 7.86. The normalized spacial score (nSPS) is 12.4. The summed E-state index contributed by atoms with van der Waals surface area (Å²) in [7, 11) is -18.2. The van der Waals surface area contributed by atoms with Gasteiger partial charge in [0.1, 0.15) is 33.0 Å². The average molecular weight is 968 g/mol. The molecule has 0 unspecified atom stereocenters. The number of methoxy groups -OCH3 is 1. The number of benzene rings is 5. The summed E-state index contributed by atoms with van der Waals surface area (Å²) in [5.74, 6) is -0.0664. The number of aryl methyl sites for hydroxylation is 1. The highest BCUT2D eigenvalue weighted by atomic mass is 32.2. The number of hydrogen-bond donors (Lipinski definition) is 6. The van der Waals surface area contributed by atoms with E-state index in [0.717, 1.165) is 36.4 Å². The first-order valence-corrected chi connectivity index (χ1v) is 23.4. The Morgan fingerprint density at radius 2 is 1.17 bits per heavy atom. The SMILES string of the molecule is COc1cc(N=Nc2cc(S(=O)(=O)O)c3cc([N+](=O)[O-])cc(S(=O)(=O)O)c3c2)c(C)cc1N=Nc1c(Nc2ccc(S(=O)(=O)O)cc2)nc(Nc2ccc(S(=O)(=O)O)cc2)c(C#N)c1C. The molecule has 0 aliphatic heterocycles. The van der Waals surface area contributed by atoms with Crippen molar-refractivity contribution in [3.63, 3.8) is 0 Å². The maximum atomic E-state index is 12.4. The molecule has 0 aliphatic rings. The lowest BCUT2D eigenvalue weighted by Crippen LogP contribution is -2.05. The second-order valence-corrected chi connectivity index (χ2v) is 19.0. The van der Waals surface area contributed by atoms with Gasteiger partial charge in [-0.05, 0) is 86.1 Å². The number of ether oxygens (including phenoxy) is 1. The van der Waals surface area contributed by atoms with E-state index in [0.29, 0.717) is 17.7 Å². The number of nitrogens with one attached hydrogen (secondary N) is 2. The van der Waals surface area contributed by atoms with E-state index in [4.69, 9.17) is 4.74 Å². The molecule has 24 nitrogen and oxygen atoms in total. The molecular weight excluding hydrogens is 939 g/mol. The van der Waals surface area contributed by atoms with E-state index in [1.54, 1.807) is 6.92 Å². The lowest BCUT2D eigenvalue weighted by Gasteiger charge is -2.16. The summed E-state index contributed by atoms with van der Waals surface area (Å²) in [5.41, 5.74) is -0.145. The largest absolute Gasteiger partial charge is 0.494 e. The minimum atomic E-state index is -5.20. The van der Waals surface area contributed by atoms with E-state index in [-0.39, 0.29) is 62.6 Å². The monoisotopic (exact) mass is 967 g/mol.